The van der Waals surface area contributed by atoms with Crippen molar-refractivity contribution in [1.82, 2.24) is 19.7 Å². The van der Waals surface area contributed by atoms with Gasteiger partial charge in [-0.25, -0.2) is 13.4 Å². The van der Waals surface area contributed by atoms with Crippen molar-refractivity contribution < 1.29 is 22.7 Å². The van der Waals surface area contributed by atoms with Crippen LogP contribution in [0.1, 0.15) is 29.8 Å². The summed E-state index contributed by atoms with van der Waals surface area (Å²) in [5.74, 6) is 0.892. The molecule has 2 aromatic carbocycles. The average molecular weight is 627 g/mol. The van der Waals surface area contributed by atoms with Gasteiger partial charge in [0.05, 0.1) is 58.1 Å². The van der Waals surface area contributed by atoms with Crippen LogP contribution in [0.5, 0.6) is 5.75 Å². The van der Waals surface area contributed by atoms with Crippen molar-refractivity contribution in [3.63, 3.8) is 0 Å². The molecule has 228 valence electrons. The van der Waals surface area contributed by atoms with E-state index in [-0.39, 0.29) is 22.8 Å². The molecule has 0 radical (unpaired) electrons. The van der Waals surface area contributed by atoms with Gasteiger partial charge in [0, 0.05) is 31.3 Å². The van der Waals surface area contributed by atoms with Crippen LogP contribution in [0.4, 0.5) is 22.9 Å². The molecular formula is C30H35ClN6O5S. The maximum Gasteiger partial charge on any atom is 0.254 e. The number of carbonyl (C=O) groups excluding carboxylic acids is 2. The van der Waals surface area contributed by atoms with Crippen LogP contribution in [-0.4, -0.2) is 92.0 Å². The monoisotopic (exact) mass is 626 g/mol. The van der Waals surface area contributed by atoms with Crippen LogP contribution in [0.2, 0.25) is 5.02 Å². The highest BCUT2D eigenvalue weighted by Crippen LogP contribution is 2.38. The van der Waals surface area contributed by atoms with Gasteiger partial charge in [-0.15, -0.1) is 0 Å². The van der Waals surface area contributed by atoms with E-state index in [0.717, 1.165) is 5.56 Å². The van der Waals surface area contributed by atoms with Crippen LogP contribution in [0, 0.1) is 0 Å². The number of nitrogens with one attached hydrogen (secondary N) is 2. The highest BCUT2D eigenvalue weighted by Gasteiger charge is 2.41. The van der Waals surface area contributed by atoms with E-state index in [4.69, 9.17) is 16.3 Å². The Bertz CT molecular complexity index is 1670. The van der Waals surface area contributed by atoms with Crippen LogP contribution in [0.25, 0.3) is 0 Å². The first-order valence-corrected chi connectivity index (χ1v) is 15.8. The van der Waals surface area contributed by atoms with E-state index in [1.54, 1.807) is 67.2 Å². The number of fused-ring (bicyclic) bond motifs is 1. The molecular weight excluding hydrogens is 592 g/mol. The number of carbonyl (C=O) groups is 2. The lowest BCUT2D eigenvalue weighted by Gasteiger charge is -2.44. The van der Waals surface area contributed by atoms with Gasteiger partial charge in [0.1, 0.15) is 11.6 Å². The predicted molar refractivity (Wildman–Crippen MR) is 166 cm³/mol. The second kappa shape index (κ2) is 12.0. The summed E-state index contributed by atoms with van der Waals surface area (Å²) < 4.78 is 31.5. The summed E-state index contributed by atoms with van der Waals surface area (Å²) in [5.41, 5.74) is 2.79. The molecule has 0 spiro atoms. The summed E-state index contributed by atoms with van der Waals surface area (Å²) >= 11 is 6.45. The van der Waals surface area contributed by atoms with Gasteiger partial charge in [-0.05, 0) is 57.8 Å². The number of likely N-dealkylation sites (tertiary alicyclic amines) is 1. The maximum atomic E-state index is 13.4. The molecule has 1 aromatic heterocycles. The summed E-state index contributed by atoms with van der Waals surface area (Å²) in [6.07, 6.45) is 1.46. The fourth-order valence-corrected chi connectivity index (χ4v) is 6.46. The summed E-state index contributed by atoms with van der Waals surface area (Å²) in [6, 6.07) is 11.9. The zero-order valence-electron chi connectivity index (χ0n) is 24.7. The third-order valence-corrected chi connectivity index (χ3v) is 10.1. The number of anilines is 4. The number of amides is 2. The zero-order chi connectivity index (χ0) is 31.1. The molecule has 0 bridgehead atoms. The molecule has 3 heterocycles. The molecule has 2 aliphatic heterocycles. The number of methoxy groups -OCH3 is 1. The number of ether oxygens (including phenoxy) is 1. The summed E-state index contributed by atoms with van der Waals surface area (Å²) in [7, 11) is 1.71. The second-order valence-electron chi connectivity index (χ2n) is 11.2. The molecule has 2 aliphatic rings. The van der Waals surface area contributed by atoms with Crippen molar-refractivity contribution in [2.75, 3.05) is 51.5 Å². The van der Waals surface area contributed by atoms with Crippen LogP contribution >= 0.6 is 11.6 Å². The Hall–Kier alpha value is -3.87. The smallest absolute Gasteiger partial charge is 0.254 e. The molecule has 5 rings (SSSR count). The number of para-hydroxylation sites is 1. The quantitative estimate of drug-likeness (QED) is 0.342. The van der Waals surface area contributed by atoms with Crippen molar-refractivity contribution in [2.24, 2.45) is 0 Å². The summed E-state index contributed by atoms with van der Waals surface area (Å²) in [4.78, 5) is 35.7. The Morgan fingerprint density at radius 1 is 1.12 bits per heavy atom. The van der Waals surface area contributed by atoms with E-state index in [2.05, 4.69) is 15.6 Å². The number of aromatic nitrogens is 1. The fourth-order valence-electron chi connectivity index (χ4n) is 5.11. The van der Waals surface area contributed by atoms with E-state index in [0.29, 0.717) is 65.4 Å². The molecule has 0 atom stereocenters. The molecule has 3 aromatic rings. The standard InChI is InChI=1S/C30H35ClN6O5S/c1-18(2)43(40,41)27-9-7-6-8-23(27)33-24-12-28(32-13-22(24)31)34-25-11-21-19(10-26(25)42-5)14-37(30(21)39)20-15-36(16-20)29(38)17-35(3)4/h6-13,18,20H,14-17H2,1-5H3,(H2,32,33,34). The Morgan fingerprint density at radius 2 is 1.84 bits per heavy atom. The van der Waals surface area contributed by atoms with Gasteiger partial charge < -0.3 is 30.1 Å². The minimum Gasteiger partial charge on any atom is -0.495 e. The lowest BCUT2D eigenvalue weighted by atomic mass is 10.1. The Labute approximate surface area is 256 Å². The van der Waals surface area contributed by atoms with Crippen LogP contribution in [0.15, 0.2) is 53.6 Å². The number of sulfone groups is 1. The van der Waals surface area contributed by atoms with E-state index in [9.17, 15) is 18.0 Å². The first kappa shape index (κ1) is 30.6. The first-order valence-electron chi connectivity index (χ1n) is 13.9. The maximum absolute atomic E-state index is 13.4. The molecule has 2 amide bonds. The third kappa shape index (κ3) is 6.13. The van der Waals surface area contributed by atoms with Crippen molar-refractivity contribution in [3.05, 3.63) is 64.8 Å². The predicted octanol–water partition coefficient (Wildman–Crippen LogP) is 4.14. The van der Waals surface area contributed by atoms with E-state index in [1.165, 1.54) is 6.20 Å². The van der Waals surface area contributed by atoms with Crippen molar-refractivity contribution in [1.29, 1.82) is 0 Å². The summed E-state index contributed by atoms with van der Waals surface area (Å²) in [6.45, 7) is 5.08. The van der Waals surface area contributed by atoms with E-state index in [1.807, 2.05) is 25.1 Å². The number of benzene rings is 2. The summed E-state index contributed by atoms with van der Waals surface area (Å²) in [5, 5.41) is 6.07. The van der Waals surface area contributed by atoms with Gasteiger partial charge in [0.2, 0.25) is 5.91 Å². The number of pyridine rings is 1. The highest BCUT2D eigenvalue weighted by molar-refractivity contribution is 7.92. The molecule has 13 heteroatoms. The average Bonchev–Trinajstić information content (AvgIpc) is 3.23. The van der Waals surface area contributed by atoms with E-state index < -0.39 is 15.1 Å². The van der Waals surface area contributed by atoms with Crippen molar-refractivity contribution in [2.45, 2.75) is 36.6 Å². The Kier molecular flexibility index (Phi) is 8.55. The number of halogens is 1. The van der Waals surface area contributed by atoms with Crippen molar-refractivity contribution >= 4 is 56.1 Å². The van der Waals surface area contributed by atoms with Crippen LogP contribution in [0.3, 0.4) is 0 Å². The molecule has 0 saturated carbocycles. The molecule has 2 N–H and O–H groups in total. The van der Waals surface area contributed by atoms with E-state index >= 15 is 0 Å². The van der Waals surface area contributed by atoms with Crippen molar-refractivity contribution in [3.8, 4) is 5.75 Å². The number of likely N-dealkylation sites (N-methyl/N-ethyl adjacent to an activating group) is 1. The minimum atomic E-state index is -3.55. The van der Waals surface area contributed by atoms with Gasteiger partial charge in [-0.2, -0.15) is 0 Å². The molecule has 43 heavy (non-hydrogen) atoms. The third-order valence-electron chi connectivity index (χ3n) is 7.57. The van der Waals surface area contributed by atoms with Gasteiger partial charge in [-0.1, -0.05) is 23.7 Å². The molecule has 1 saturated heterocycles. The number of nitrogens with zero attached hydrogens (tertiary/aromatic N) is 4. The molecule has 11 nitrogen and oxygen atoms in total. The lowest BCUT2D eigenvalue weighted by Crippen LogP contribution is -2.62. The number of hydrogen-bond acceptors (Lipinski definition) is 9. The van der Waals surface area contributed by atoms with Gasteiger partial charge in [0.25, 0.3) is 5.91 Å². The van der Waals surface area contributed by atoms with Gasteiger partial charge in [-0.3, -0.25) is 9.59 Å². The second-order valence-corrected chi connectivity index (χ2v) is 14.1. The number of hydrogen-bond donors (Lipinski definition) is 2. The first-order chi connectivity index (χ1) is 20.4. The fraction of sp³-hybridized carbons (Fsp3) is 0.367. The number of rotatable bonds is 10. The molecule has 1 fully saturated rings. The van der Waals surface area contributed by atoms with Crippen LogP contribution in [-0.2, 0) is 21.2 Å². The van der Waals surface area contributed by atoms with Gasteiger partial charge >= 0.3 is 0 Å². The topological polar surface area (TPSA) is 124 Å². The SMILES string of the molecule is COc1cc2c(cc1Nc1cc(Nc3ccccc3S(=O)(=O)C(C)C)c(Cl)cn1)C(=O)N(C1CN(C(=O)CN(C)C)C1)C2. The van der Waals surface area contributed by atoms with Crippen LogP contribution < -0.4 is 15.4 Å². The highest BCUT2D eigenvalue weighted by atomic mass is 35.5. The minimum absolute atomic E-state index is 0.0395. The zero-order valence-corrected chi connectivity index (χ0v) is 26.3. The largest absolute Gasteiger partial charge is 0.495 e. The molecule has 0 unspecified atom stereocenters. The Morgan fingerprint density at radius 3 is 2.51 bits per heavy atom. The normalized spacial score (nSPS) is 15.1. The molecule has 0 aliphatic carbocycles. The lowest BCUT2D eigenvalue weighted by molar-refractivity contribution is -0.138. The van der Waals surface area contributed by atoms with Gasteiger partial charge in [0.15, 0.2) is 9.84 Å². The Balaban J connectivity index is 1.35.